The number of aliphatic hydroxyl groups excluding tert-OH is 2. The number of esters is 1. The van der Waals surface area contributed by atoms with Gasteiger partial charge in [0, 0.05) is 28.1 Å². The van der Waals surface area contributed by atoms with E-state index in [-0.39, 0.29) is 44.5 Å². The van der Waals surface area contributed by atoms with Gasteiger partial charge in [-0.05, 0) is 89.7 Å². The Morgan fingerprint density at radius 3 is 2.48 bits per heavy atom. The van der Waals surface area contributed by atoms with Crippen molar-refractivity contribution in [3.63, 3.8) is 0 Å². The summed E-state index contributed by atoms with van der Waals surface area (Å²) in [6.45, 7) is 3.20. The van der Waals surface area contributed by atoms with Crippen molar-refractivity contribution >= 4 is 39.1 Å². The number of methoxy groups -OCH3 is 1. The van der Waals surface area contributed by atoms with E-state index in [2.05, 4.69) is 15.0 Å². The highest BCUT2D eigenvalue weighted by atomic mass is 35.5. The van der Waals surface area contributed by atoms with Crippen molar-refractivity contribution in [1.29, 1.82) is 0 Å². The van der Waals surface area contributed by atoms with Gasteiger partial charge in [-0.25, -0.2) is 29.1 Å². The van der Waals surface area contributed by atoms with Crippen LogP contribution >= 0.6 is 22.9 Å². The third-order valence-corrected chi connectivity index (χ3v) is 11.1. The molecule has 0 bridgehead atoms. The molecule has 1 unspecified atom stereocenters. The Hall–Kier alpha value is -5.99. The zero-order valence-corrected chi connectivity index (χ0v) is 33.3. The summed E-state index contributed by atoms with van der Waals surface area (Å²) < 4.78 is 38.0. The smallest absolute Gasteiger partial charge is 0.347 e. The maximum absolute atomic E-state index is 14.1. The lowest BCUT2D eigenvalue weighted by atomic mass is 9.94. The minimum absolute atomic E-state index is 0.0237. The Kier molecular flexibility index (Phi) is 12.5. The topological polar surface area (TPSA) is 146 Å². The molecule has 0 spiro atoms. The molecule has 0 amide bonds. The molecule has 7 aromatic rings. The fraction of sp³-hybridized carbons (Fsp3) is 0.205. The molecule has 7 rings (SSSR count). The van der Waals surface area contributed by atoms with E-state index in [1.807, 2.05) is 37.3 Å². The van der Waals surface area contributed by atoms with E-state index in [0.717, 1.165) is 16.0 Å². The molecule has 4 aromatic carbocycles. The van der Waals surface area contributed by atoms with Crippen molar-refractivity contribution in [2.75, 3.05) is 13.7 Å². The third-order valence-electron chi connectivity index (χ3n) is 9.42. The first-order valence-corrected chi connectivity index (χ1v) is 19.5. The van der Waals surface area contributed by atoms with Gasteiger partial charge >= 0.3 is 5.97 Å². The Bertz CT molecular complexity index is 2590. The van der Waals surface area contributed by atoms with Crippen LogP contribution in [-0.4, -0.2) is 55.9 Å². The SMILES string of the molecule is CCOC(=O)C(Cc1cc(CO)ccc1OCc1ccnc(-c2ccccc2OC)n1)Oc1ncnc2sc(-c3ccc(F)cc3)c(-c3ccc(CO)c(Cl)c3C)c12. The fourth-order valence-corrected chi connectivity index (χ4v) is 7.93. The molecule has 0 saturated heterocycles. The van der Waals surface area contributed by atoms with Crippen molar-refractivity contribution in [2.24, 2.45) is 0 Å². The first kappa shape index (κ1) is 40.2. The second kappa shape index (κ2) is 18.1. The first-order valence-electron chi connectivity index (χ1n) is 18.3. The van der Waals surface area contributed by atoms with Gasteiger partial charge in [-0.1, -0.05) is 54.1 Å². The van der Waals surface area contributed by atoms with Crippen LogP contribution < -0.4 is 14.2 Å². The second-order valence-corrected chi connectivity index (χ2v) is 14.4. The van der Waals surface area contributed by atoms with Gasteiger partial charge in [0.05, 0.1) is 43.6 Å². The van der Waals surface area contributed by atoms with Crippen LogP contribution in [0.4, 0.5) is 4.39 Å². The molecule has 0 aliphatic rings. The van der Waals surface area contributed by atoms with E-state index >= 15 is 0 Å². The molecule has 2 N–H and O–H groups in total. The Labute approximate surface area is 342 Å². The molecular weight excluding hydrogens is 783 g/mol. The number of para-hydroxylation sites is 1. The maximum Gasteiger partial charge on any atom is 0.347 e. The standard InChI is InChI=1S/C44H38ClFN4O7S/c1-4-55-44(53)36(20-29-19-26(21-51)9-16-34(29)56-23-31-17-18-47-41(50-31)33-7-5-6-8-35(33)54-3)57-42-38-37(32-15-12-28(22-52)39(45)25(32)2)40(58-43(38)49-24-48-42)27-10-13-30(46)14-11-27/h5-19,24,36,51-52H,4,20-23H2,1-3H3. The molecule has 296 valence electrons. The van der Waals surface area contributed by atoms with Gasteiger partial charge in [0.2, 0.25) is 12.0 Å². The van der Waals surface area contributed by atoms with Crippen LogP contribution in [0.2, 0.25) is 5.02 Å². The lowest BCUT2D eigenvalue weighted by molar-refractivity contribution is -0.151. The third kappa shape index (κ3) is 8.48. The average molecular weight is 821 g/mol. The summed E-state index contributed by atoms with van der Waals surface area (Å²) in [5.41, 5.74) is 5.82. The highest BCUT2D eigenvalue weighted by Gasteiger charge is 2.29. The van der Waals surface area contributed by atoms with Gasteiger partial charge in [-0.15, -0.1) is 11.3 Å². The normalized spacial score (nSPS) is 11.7. The Morgan fingerprint density at radius 2 is 1.72 bits per heavy atom. The molecule has 58 heavy (non-hydrogen) atoms. The van der Waals surface area contributed by atoms with Crippen molar-refractivity contribution in [3.05, 3.63) is 136 Å². The van der Waals surface area contributed by atoms with E-state index in [9.17, 15) is 19.4 Å². The number of carbonyl (C=O) groups is 1. The molecule has 11 nitrogen and oxygen atoms in total. The van der Waals surface area contributed by atoms with Gasteiger partial charge < -0.3 is 29.2 Å². The van der Waals surface area contributed by atoms with Gasteiger partial charge in [-0.2, -0.15) is 0 Å². The number of benzene rings is 4. The maximum atomic E-state index is 14.1. The van der Waals surface area contributed by atoms with Crippen molar-refractivity contribution in [2.45, 2.75) is 46.2 Å². The lowest BCUT2D eigenvalue weighted by Gasteiger charge is -2.20. The van der Waals surface area contributed by atoms with Gasteiger partial charge in [0.25, 0.3) is 0 Å². The number of rotatable bonds is 15. The van der Waals surface area contributed by atoms with Gasteiger partial charge in [0.15, 0.2) is 5.82 Å². The van der Waals surface area contributed by atoms with Crippen LogP contribution in [0.15, 0.2) is 97.5 Å². The summed E-state index contributed by atoms with van der Waals surface area (Å²) in [7, 11) is 1.59. The van der Waals surface area contributed by atoms with Crippen LogP contribution in [0, 0.1) is 12.7 Å². The predicted octanol–water partition coefficient (Wildman–Crippen LogP) is 8.71. The summed E-state index contributed by atoms with van der Waals surface area (Å²) >= 11 is 8.11. The number of halogens is 2. The highest BCUT2D eigenvalue weighted by Crippen LogP contribution is 2.49. The van der Waals surface area contributed by atoms with E-state index in [0.29, 0.717) is 71.6 Å². The molecule has 0 saturated carbocycles. The Morgan fingerprint density at radius 1 is 0.914 bits per heavy atom. The molecule has 0 aliphatic carbocycles. The number of aliphatic hydroxyl groups is 2. The number of carbonyl (C=O) groups excluding carboxylic acids is 1. The van der Waals surface area contributed by atoms with E-state index in [1.54, 1.807) is 62.7 Å². The number of ether oxygens (including phenoxy) is 4. The highest BCUT2D eigenvalue weighted by molar-refractivity contribution is 7.22. The lowest BCUT2D eigenvalue weighted by Crippen LogP contribution is -2.32. The van der Waals surface area contributed by atoms with Crippen molar-refractivity contribution < 1.29 is 38.3 Å². The number of fused-ring (bicyclic) bond motifs is 1. The fourth-order valence-electron chi connectivity index (χ4n) is 6.55. The van der Waals surface area contributed by atoms with Crippen molar-refractivity contribution in [3.8, 4) is 50.3 Å². The zero-order valence-electron chi connectivity index (χ0n) is 31.7. The molecular formula is C44H38ClFN4O7S. The summed E-state index contributed by atoms with van der Waals surface area (Å²) in [6, 6.07) is 24.1. The van der Waals surface area contributed by atoms with Gasteiger partial charge in [-0.3, -0.25) is 0 Å². The Balaban J connectivity index is 1.27. The summed E-state index contributed by atoms with van der Waals surface area (Å²) in [5, 5.41) is 20.9. The van der Waals surface area contributed by atoms with Crippen LogP contribution in [0.3, 0.4) is 0 Å². The minimum Gasteiger partial charge on any atom is -0.496 e. The number of nitrogens with zero attached hydrogens (tertiary/aromatic N) is 4. The zero-order chi connectivity index (χ0) is 40.8. The predicted molar refractivity (Wildman–Crippen MR) is 219 cm³/mol. The number of hydrogen-bond donors (Lipinski definition) is 2. The largest absolute Gasteiger partial charge is 0.496 e. The molecule has 1 atom stereocenters. The number of aromatic nitrogens is 4. The quantitative estimate of drug-likeness (QED) is 0.0958. The molecule has 14 heteroatoms. The summed E-state index contributed by atoms with van der Waals surface area (Å²) in [6.07, 6.45) is 1.75. The first-order chi connectivity index (χ1) is 28.2. The van der Waals surface area contributed by atoms with Gasteiger partial charge in [0.1, 0.15) is 35.1 Å². The minimum atomic E-state index is -1.23. The average Bonchev–Trinajstić information content (AvgIpc) is 3.64. The molecule has 0 radical (unpaired) electrons. The molecule has 0 aliphatic heterocycles. The molecule has 3 aromatic heterocycles. The molecule has 0 fully saturated rings. The van der Waals surface area contributed by atoms with E-state index < -0.39 is 12.1 Å². The van der Waals surface area contributed by atoms with Crippen LogP contribution in [-0.2, 0) is 35.8 Å². The summed E-state index contributed by atoms with van der Waals surface area (Å²) in [4.78, 5) is 33.3. The van der Waals surface area contributed by atoms with Crippen LogP contribution in [0.25, 0.3) is 43.2 Å². The van der Waals surface area contributed by atoms with E-state index in [4.69, 9.17) is 35.5 Å². The van der Waals surface area contributed by atoms with E-state index in [1.165, 1.54) is 29.8 Å². The van der Waals surface area contributed by atoms with Crippen LogP contribution in [0.5, 0.6) is 17.4 Å². The molecule has 3 heterocycles. The van der Waals surface area contributed by atoms with Crippen molar-refractivity contribution in [1.82, 2.24) is 19.9 Å². The second-order valence-electron chi connectivity index (χ2n) is 13.1. The summed E-state index contributed by atoms with van der Waals surface area (Å²) in [5.74, 6) is 0.613. The van der Waals surface area contributed by atoms with Crippen LogP contribution in [0.1, 0.15) is 34.9 Å². The number of thiophene rings is 1. The number of hydrogen-bond acceptors (Lipinski definition) is 12. The monoisotopic (exact) mass is 820 g/mol.